The lowest BCUT2D eigenvalue weighted by atomic mass is 10.0. The zero-order valence-corrected chi connectivity index (χ0v) is 15.0. The molecule has 140 valence electrons. The minimum Gasteiger partial charge on any atom is -0.469 e. The van der Waals surface area contributed by atoms with Crippen molar-refractivity contribution in [1.82, 2.24) is 10.5 Å². The van der Waals surface area contributed by atoms with Crippen LogP contribution in [0.2, 0.25) is 0 Å². The highest BCUT2D eigenvalue weighted by atomic mass is 19.1. The van der Waals surface area contributed by atoms with Crippen molar-refractivity contribution in [3.63, 3.8) is 0 Å². The fourth-order valence-corrected chi connectivity index (χ4v) is 2.80. The van der Waals surface area contributed by atoms with Gasteiger partial charge in [-0.1, -0.05) is 35.5 Å². The number of aromatic nitrogens is 1. The number of carbonyl (C=O) groups excluding carboxylic acids is 1. The Balaban J connectivity index is 1.62. The van der Waals surface area contributed by atoms with E-state index in [1.807, 2.05) is 30.3 Å². The minimum atomic E-state index is -0.384. The number of benzene rings is 2. The Labute approximate surface area is 157 Å². The standard InChI is InChI=1S/C21H21FN2O3/c1-26-21(25)17(14-23-13-15-5-3-2-4-6-15)11-19-12-20(27-24-19)16-7-9-18(22)10-8-16/h2-10,12,17,23H,11,13-14H2,1H3. The van der Waals surface area contributed by atoms with E-state index in [0.717, 1.165) is 11.1 Å². The molecule has 27 heavy (non-hydrogen) atoms. The van der Waals surface area contributed by atoms with Crippen LogP contribution in [0.5, 0.6) is 0 Å². The van der Waals surface area contributed by atoms with Crippen LogP contribution in [0.3, 0.4) is 0 Å². The van der Waals surface area contributed by atoms with Gasteiger partial charge < -0.3 is 14.6 Å². The zero-order chi connectivity index (χ0) is 19.1. The van der Waals surface area contributed by atoms with Crippen LogP contribution >= 0.6 is 0 Å². The molecule has 2 aromatic carbocycles. The first-order chi connectivity index (χ1) is 13.2. The molecule has 1 heterocycles. The highest BCUT2D eigenvalue weighted by molar-refractivity contribution is 5.73. The van der Waals surface area contributed by atoms with Gasteiger partial charge in [0.2, 0.25) is 0 Å². The van der Waals surface area contributed by atoms with Crippen LogP contribution in [0.4, 0.5) is 4.39 Å². The second-order valence-electron chi connectivity index (χ2n) is 6.23. The fraction of sp³-hybridized carbons (Fsp3) is 0.238. The summed E-state index contributed by atoms with van der Waals surface area (Å²) >= 11 is 0. The van der Waals surface area contributed by atoms with Crippen LogP contribution in [0.25, 0.3) is 11.3 Å². The van der Waals surface area contributed by atoms with Crippen LogP contribution < -0.4 is 5.32 Å². The molecule has 0 bridgehead atoms. The minimum absolute atomic E-state index is 0.304. The van der Waals surface area contributed by atoms with Gasteiger partial charge in [0.1, 0.15) is 5.82 Å². The molecular formula is C21H21FN2O3. The molecule has 0 fully saturated rings. The van der Waals surface area contributed by atoms with Gasteiger partial charge in [0.05, 0.1) is 18.7 Å². The normalized spacial score (nSPS) is 11.9. The summed E-state index contributed by atoms with van der Waals surface area (Å²) < 4.78 is 23.3. The summed E-state index contributed by atoms with van der Waals surface area (Å²) in [7, 11) is 1.37. The Morgan fingerprint density at radius 1 is 1.19 bits per heavy atom. The molecule has 1 N–H and O–H groups in total. The molecule has 1 atom stereocenters. The van der Waals surface area contributed by atoms with Crippen LogP contribution in [0.1, 0.15) is 11.3 Å². The summed E-state index contributed by atoms with van der Waals surface area (Å²) in [6, 6.07) is 17.7. The highest BCUT2D eigenvalue weighted by Gasteiger charge is 2.21. The predicted molar refractivity (Wildman–Crippen MR) is 99.3 cm³/mol. The number of nitrogens with zero attached hydrogens (tertiary/aromatic N) is 1. The highest BCUT2D eigenvalue weighted by Crippen LogP contribution is 2.22. The number of ether oxygens (including phenoxy) is 1. The zero-order valence-electron chi connectivity index (χ0n) is 15.0. The number of rotatable bonds is 8. The maximum absolute atomic E-state index is 13.0. The molecule has 0 aliphatic heterocycles. The number of carbonyl (C=O) groups is 1. The molecule has 3 rings (SSSR count). The van der Waals surface area contributed by atoms with Crippen molar-refractivity contribution >= 4 is 5.97 Å². The van der Waals surface area contributed by atoms with Crippen molar-refractivity contribution < 1.29 is 18.4 Å². The van der Waals surface area contributed by atoms with Crippen molar-refractivity contribution in [3.05, 3.63) is 77.7 Å². The number of esters is 1. The van der Waals surface area contributed by atoms with Crippen LogP contribution in [0, 0.1) is 11.7 Å². The predicted octanol–water partition coefficient (Wildman–Crippen LogP) is 3.60. The van der Waals surface area contributed by atoms with E-state index in [9.17, 15) is 9.18 Å². The Bertz CT molecular complexity index is 863. The van der Waals surface area contributed by atoms with E-state index in [4.69, 9.17) is 9.26 Å². The van der Waals surface area contributed by atoms with Crippen LogP contribution in [-0.4, -0.2) is 24.8 Å². The van der Waals surface area contributed by atoms with Gasteiger partial charge >= 0.3 is 5.97 Å². The number of hydrogen-bond donors (Lipinski definition) is 1. The van der Waals surface area contributed by atoms with Crippen molar-refractivity contribution in [2.75, 3.05) is 13.7 Å². The second-order valence-corrected chi connectivity index (χ2v) is 6.23. The van der Waals surface area contributed by atoms with Crippen LogP contribution in [-0.2, 0) is 22.5 Å². The van der Waals surface area contributed by atoms with E-state index in [1.54, 1.807) is 18.2 Å². The topological polar surface area (TPSA) is 64.4 Å². The van der Waals surface area contributed by atoms with Gasteiger partial charge in [0.25, 0.3) is 0 Å². The van der Waals surface area contributed by atoms with Gasteiger partial charge in [-0.25, -0.2) is 4.39 Å². The summed E-state index contributed by atoms with van der Waals surface area (Å²) in [5.74, 6) is -0.466. The van der Waals surface area contributed by atoms with Gasteiger partial charge in [-0.05, 0) is 29.8 Å². The van der Waals surface area contributed by atoms with E-state index in [2.05, 4.69) is 10.5 Å². The molecular weight excluding hydrogens is 347 g/mol. The molecule has 1 unspecified atom stereocenters. The lowest BCUT2D eigenvalue weighted by Gasteiger charge is -2.14. The number of halogens is 1. The van der Waals surface area contributed by atoms with Gasteiger partial charge in [0, 0.05) is 31.1 Å². The van der Waals surface area contributed by atoms with E-state index < -0.39 is 0 Å². The van der Waals surface area contributed by atoms with Gasteiger partial charge in [0.15, 0.2) is 5.76 Å². The Morgan fingerprint density at radius 2 is 1.93 bits per heavy atom. The average Bonchev–Trinajstić information content (AvgIpc) is 3.16. The third-order valence-corrected chi connectivity index (χ3v) is 4.24. The first kappa shape index (κ1) is 18.8. The molecule has 0 saturated carbocycles. The van der Waals surface area contributed by atoms with E-state index in [0.29, 0.717) is 31.0 Å². The molecule has 6 heteroatoms. The monoisotopic (exact) mass is 368 g/mol. The summed E-state index contributed by atoms with van der Waals surface area (Å²) in [5.41, 5.74) is 2.51. The second kappa shape index (κ2) is 9.09. The van der Waals surface area contributed by atoms with E-state index >= 15 is 0 Å². The summed E-state index contributed by atoms with van der Waals surface area (Å²) in [5, 5.41) is 7.31. The Hall–Kier alpha value is -2.99. The number of hydrogen-bond acceptors (Lipinski definition) is 5. The average molecular weight is 368 g/mol. The van der Waals surface area contributed by atoms with Gasteiger partial charge in [-0.3, -0.25) is 4.79 Å². The van der Waals surface area contributed by atoms with Gasteiger partial charge in [-0.2, -0.15) is 0 Å². The molecule has 5 nitrogen and oxygen atoms in total. The maximum Gasteiger partial charge on any atom is 0.310 e. The molecule has 0 spiro atoms. The van der Waals surface area contributed by atoms with Gasteiger partial charge in [-0.15, -0.1) is 0 Å². The summed E-state index contributed by atoms with van der Waals surface area (Å²) in [4.78, 5) is 12.1. The molecule has 0 amide bonds. The first-order valence-corrected chi connectivity index (χ1v) is 8.69. The van der Waals surface area contributed by atoms with Crippen molar-refractivity contribution in [3.8, 4) is 11.3 Å². The molecule has 1 aromatic heterocycles. The number of nitrogens with one attached hydrogen (secondary N) is 1. The quantitative estimate of drug-likeness (QED) is 0.616. The molecule has 0 saturated heterocycles. The molecule has 0 aliphatic carbocycles. The van der Waals surface area contributed by atoms with Crippen molar-refractivity contribution in [2.24, 2.45) is 5.92 Å². The smallest absolute Gasteiger partial charge is 0.310 e. The van der Waals surface area contributed by atoms with Crippen molar-refractivity contribution in [1.29, 1.82) is 0 Å². The third-order valence-electron chi connectivity index (χ3n) is 4.24. The van der Waals surface area contributed by atoms with Crippen molar-refractivity contribution in [2.45, 2.75) is 13.0 Å². The SMILES string of the molecule is COC(=O)C(CNCc1ccccc1)Cc1cc(-c2ccc(F)cc2)on1. The lowest BCUT2D eigenvalue weighted by molar-refractivity contribution is -0.145. The largest absolute Gasteiger partial charge is 0.469 e. The maximum atomic E-state index is 13.0. The molecule has 3 aromatic rings. The van der Waals surface area contributed by atoms with Crippen LogP contribution in [0.15, 0.2) is 65.2 Å². The Morgan fingerprint density at radius 3 is 2.63 bits per heavy atom. The lowest BCUT2D eigenvalue weighted by Crippen LogP contribution is -2.30. The fourth-order valence-electron chi connectivity index (χ4n) is 2.80. The van der Waals surface area contributed by atoms with E-state index in [-0.39, 0.29) is 17.7 Å². The molecule has 0 aliphatic rings. The Kier molecular flexibility index (Phi) is 6.33. The summed E-state index contributed by atoms with van der Waals surface area (Å²) in [6.07, 6.45) is 0.388. The molecule has 0 radical (unpaired) electrons. The first-order valence-electron chi connectivity index (χ1n) is 8.69. The number of methoxy groups -OCH3 is 1. The third kappa shape index (κ3) is 5.24. The van der Waals surface area contributed by atoms with E-state index in [1.165, 1.54) is 19.2 Å². The summed E-state index contributed by atoms with van der Waals surface area (Å²) in [6.45, 7) is 1.12.